The molecular weight excluding hydrogens is 235 g/mol. The molecule has 0 radical (unpaired) electrons. The number of rotatable bonds is 5. The third kappa shape index (κ3) is 3.58. The van der Waals surface area contributed by atoms with Crippen LogP contribution in [0.25, 0.3) is 0 Å². The summed E-state index contributed by atoms with van der Waals surface area (Å²) in [5.74, 6) is -0.352. The minimum Gasteiger partial charge on any atom is -0.490 e. The monoisotopic (exact) mass is 246 g/mol. The average Bonchev–Trinajstić information content (AvgIpc) is 2.29. The quantitative estimate of drug-likeness (QED) is 0.276. The molecule has 3 N–H and O–H groups in total. The first-order valence-electron chi connectivity index (χ1n) is 4.68. The van der Waals surface area contributed by atoms with Gasteiger partial charge >= 0.3 is 0 Å². The number of oxime groups is 1. The Morgan fingerprint density at radius 2 is 2.31 bits per heavy atom. The zero-order valence-electron chi connectivity index (χ0n) is 8.49. The van der Waals surface area contributed by atoms with Crippen molar-refractivity contribution in [2.75, 3.05) is 6.61 Å². The molecule has 0 fully saturated rings. The second-order valence-corrected chi connectivity index (χ2v) is 3.50. The fourth-order valence-corrected chi connectivity index (χ4v) is 1.25. The molecule has 0 atom stereocenters. The topological polar surface area (TPSA) is 67.8 Å². The number of hydrogen-bond acceptors (Lipinski definition) is 3. The maximum atomic E-state index is 13.3. The zero-order chi connectivity index (χ0) is 12.0. The molecule has 0 saturated carbocycles. The Morgan fingerprint density at radius 1 is 1.56 bits per heavy atom. The van der Waals surface area contributed by atoms with E-state index in [1.54, 1.807) is 6.07 Å². The van der Waals surface area contributed by atoms with Gasteiger partial charge in [-0.25, -0.2) is 4.39 Å². The number of nitrogens with zero attached hydrogens (tertiary/aromatic N) is 1. The van der Waals surface area contributed by atoms with E-state index in [0.717, 1.165) is 0 Å². The van der Waals surface area contributed by atoms with E-state index in [1.165, 1.54) is 12.1 Å². The summed E-state index contributed by atoms with van der Waals surface area (Å²) in [6.07, 6.45) is 0.917. The van der Waals surface area contributed by atoms with Crippen LogP contribution in [0.15, 0.2) is 23.4 Å². The van der Waals surface area contributed by atoms with Crippen molar-refractivity contribution in [2.45, 2.75) is 12.8 Å². The molecule has 0 saturated heterocycles. The molecule has 1 aromatic rings. The molecule has 0 amide bonds. The van der Waals surface area contributed by atoms with E-state index in [2.05, 4.69) is 5.16 Å². The van der Waals surface area contributed by atoms with Gasteiger partial charge in [-0.1, -0.05) is 22.8 Å². The molecular formula is C10H12ClFN2O2. The molecule has 1 rings (SSSR count). The molecule has 88 valence electrons. The van der Waals surface area contributed by atoms with Gasteiger partial charge in [-0.3, -0.25) is 0 Å². The molecule has 1 aromatic carbocycles. The van der Waals surface area contributed by atoms with E-state index in [-0.39, 0.29) is 23.2 Å². The Balaban J connectivity index is 2.41. The average molecular weight is 247 g/mol. The molecule has 0 aliphatic rings. The minimum absolute atomic E-state index is 0.0222. The Kier molecular flexibility index (Phi) is 4.85. The lowest BCUT2D eigenvalue weighted by molar-refractivity contribution is 0.294. The third-order valence-electron chi connectivity index (χ3n) is 1.88. The van der Waals surface area contributed by atoms with Crippen LogP contribution < -0.4 is 10.5 Å². The van der Waals surface area contributed by atoms with Crippen LogP contribution in [0.5, 0.6) is 5.75 Å². The highest BCUT2D eigenvalue weighted by Crippen LogP contribution is 2.24. The molecule has 0 aromatic heterocycles. The molecule has 0 bridgehead atoms. The largest absolute Gasteiger partial charge is 0.490 e. The Labute approximate surface area is 97.5 Å². The molecule has 0 aliphatic heterocycles. The van der Waals surface area contributed by atoms with Crippen molar-refractivity contribution in [1.29, 1.82) is 0 Å². The van der Waals surface area contributed by atoms with Crippen molar-refractivity contribution in [2.24, 2.45) is 10.9 Å². The number of hydrogen-bond donors (Lipinski definition) is 2. The van der Waals surface area contributed by atoms with Crippen LogP contribution >= 0.6 is 11.6 Å². The second-order valence-electron chi connectivity index (χ2n) is 3.10. The van der Waals surface area contributed by atoms with E-state index in [1.807, 2.05) is 0 Å². The lowest BCUT2D eigenvalue weighted by atomic mass is 10.3. The number of nitrogens with two attached hydrogens (primary N) is 1. The van der Waals surface area contributed by atoms with Crippen LogP contribution in [-0.2, 0) is 0 Å². The summed E-state index contributed by atoms with van der Waals surface area (Å²) >= 11 is 5.57. The van der Waals surface area contributed by atoms with Gasteiger partial charge in [-0.2, -0.15) is 0 Å². The molecule has 0 unspecified atom stereocenters. The number of halogens is 2. The lowest BCUT2D eigenvalue weighted by Gasteiger charge is -2.07. The molecule has 16 heavy (non-hydrogen) atoms. The van der Waals surface area contributed by atoms with Crippen molar-refractivity contribution in [3.8, 4) is 5.75 Å². The Hall–Kier alpha value is -1.49. The molecule has 0 heterocycles. The second kappa shape index (κ2) is 6.17. The predicted molar refractivity (Wildman–Crippen MR) is 59.5 cm³/mol. The standard InChI is InChI=1S/C10H12ClFN2O2/c11-7-3-1-4-8(10(7)12)16-6-2-5-9(13)14-15/h1,3-4,15H,2,5-6H2,(H2,13,14). The predicted octanol–water partition coefficient (Wildman–Crippen LogP) is 2.38. The summed E-state index contributed by atoms with van der Waals surface area (Å²) in [7, 11) is 0. The lowest BCUT2D eigenvalue weighted by Crippen LogP contribution is -2.13. The summed E-state index contributed by atoms with van der Waals surface area (Å²) in [6.45, 7) is 0.271. The van der Waals surface area contributed by atoms with Crippen molar-refractivity contribution in [3.05, 3.63) is 29.0 Å². The van der Waals surface area contributed by atoms with Gasteiger partial charge < -0.3 is 15.7 Å². The number of benzene rings is 1. The summed E-state index contributed by atoms with van der Waals surface area (Å²) < 4.78 is 18.5. The SMILES string of the molecule is N/C(CCCOc1cccc(Cl)c1F)=N/O. The molecule has 4 nitrogen and oxygen atoms in total. The highest BCUT2D eigenvalue weighted by atomic mass is 35.5. The van der Waals surface area contributed by atoms with Gasteiger partial charge in [0.05, 0.1) is 11.6 Å². The summed E-state index contributed by atoms with van der Waals surface area (Å²) in [5.41, 5.74) is 5.26. The van der Waals surface area contributed by atoms with Crippen molar-refractivity contribution < 1.29 is 14.3 Å². The summed E-state index contributed by atoms with van der Waals surface area (Å²) in [5, 5.41) is 11.1. The van der Waals surface area contributed by atoms with E-state index < -0.39 is 5.82 Å². The van der Waals surface area contributed by atoms with Crippen LogP contribution in [0.4, 0.5) is 4.39 Å². The fourth-order valence-electron chi connectivity index (χ4n) is 1.08. The van der Waals surface area contributed by atoms with Gasteiger partial charge in [-0.05, 0) is 18.6 Å². The first-order valence-corrected chi connectivity index (χ1v) is 5.06. The normalized spacial score (nSPS) is 11.5. The first kappa shape index (κ1) is 12.6. The maximum Gasteiger partial charge on any atom is 0.183 e. The zero-order valence-corrected chi connectivity index (χ0v) is 9.25. The van der Waals surface area contributed by atoms with Crippen LogP contribution in [0.1, 0.15) is 12.8 Å². The summed E-state index contributed by atoms with van der Waals surface area (Å²) in [4.78, 5) is 0. The van der Waals surface area contributed by atoms with Crippen LogP contribution in [0.2, 0.25) is 5.02 Å². The van der Waals surface area contributed by atoms with Gasteiger partial charge in [-0.15, -0.1) is 0 Å². The van der Waals surface area contributed by atoms with Gasteiger partial charge in [0.15, 0.2) is 11.6 Å². The third-order valence-corrected chi connectivity index (χ3v) is 2.17. The first-order chi connectivity index (χ1) is 7.65. The smallest absolute Gasteiger partial charge is 0.183 e. The van der Waals surface area contributed by atoms with E-state index in [4.69, 9.17) is 27.3 Å². The van der Waals surface area contributed by atoms with Crippen molar-refractivity contribution >= 4 is 17.4 Å². The van der Waals surface area contributed by atoms with E-state index >= 15 is 0 Å². The minimum atomic E-state index is -0.576. The van der Waals surface area contributed by atoms with Crippen LogP contribution in [-0.4, -0.2) is 17.6 Å². The molecule has 6 heteroatoms. The van der Waals surface area contributed by atoms with Crippen LogP contribution in [0.3, 0.4) is 0 Å². The van der Waals surface area contributed by atoms with Gasteiger partial charge in [0.2, 0.25) is 0 Å². The van der Waals surface area contributed by atoms with Crippen molar-refractivity contribution in [1.82, 2.24) is 0 Å². The van der Waals surface area contributed by atoms with Gasteiger partial charge in [0.25, 0.3) is 0 Å². The number of ether oxygens (including phenoxy) is 1. The van der Waals surface area contributed by atoms with Crippen molar-refractivity contribution in [3.63, 3.8) is 0 Å². The maximum absolute atomic E-state index is 13.3. The summed E-state index contributed by atoms with van der Waals surface area (Å²) in [6, 6.07) is 4.54. The number of amidine groups is 1. The van der Waals surface area contributed by atoms with Gasteiger partial charge in [0, 0.05) is 6.42 Å². The van der Waals surface area contributed by atoms with E-state index in [9.17, 15) is 4.39 Å². The Morgan fingerprint density at radius 3 is 3.00 bits per heavy atom. The van der Waals surface area contributed by atoms with E-state index in [0.29, 0.717) is 12.8 Å². The Bertz CT molecular complexity index is 385. The molecule has 0 aliphatic carbocycles. The highest BCUT2D eigenvalue weighted by Gasteiger charge is 2.06. The highest BCUT2D eigenvalue weighted by molar-refractivity contribution is 6.30. The molecule has 0 spiro atoms. The van der Waals surface area contributed by atoms with Gasteiger partial charge in [0.1, 0.15) is 5.84 Å². The van der Waals surface area contributed by atoms with Crippen LogP contribution in [0, 0.1) is 5.82 Å². The fraction of sp³-hybridized carbons (Fsp3) is 0.300.